The molecule has 1 N–H and O–H groups in total. The number of likely N-dealkylation sites (N-methyl/N-ethyl adjacent to an activating group) is 1. The highest BCUT2D eigenvalue weighted by Gasteiger charge is 2.16. The van der Waals surface area contributed by atoms with Crippen LogP contribution in [0.1, 0.15) is 6.92 Å². The lowest BCUT2D eigenvalue weighted by molar-refractivity contribution is 0.289. The molecular weight excluding hydrogens is 142 g/mol. The summed E-state index contributed by atoms with van der Waals surface area (Å²) in [6.07, 6.45) is 0. The largest absolute Gasteiger partial charge is 0.411 e. The molecule has 1 aliphatic rings. The van der Waals surface area contributed by atoms with E-state index in [4.69, 9.17) is 5.21 Å². The van der Waals surface area contributed by atoms with Gasteiger partial charge in [0.25, 0.3) is 0 Å². The van der Waals surface area contributed by atoms with Gasteiger partial charge < -0.3 is 5.21 Å². The number of nitrogens with zero attached hydrogens (tertiary/aromatic N) is 3. The van der Waals surface area contributed by atoms with Crippen LogP contribution < -0.4 is 0 Å². The van der Waals surface area contributed by atoms with Crippen molar-refractivity contribution in [2.24, 2.45) is 5.16 Å². The SMILES string of the molecule is C/C(CN1CCN(C)C1)=N\O. The number of hydrogen-bond donors (Lipinski definition) is 1. The minimum absolute atomic E-state index is 0.778. The van der Waals surface area contributed by atoms with Gasteiger partial charge in [-0.05, 0) is 14.0 Å². The first-order valence-corrected chi connectivity index (χ1v) is 3.81. The Balaban J connectivity index is 2.28. The van der Waals surface area contributed by atoms with Crippen LogP contribution in [0.5, 0.6) is 0 Å². The smallest absolute Gasteiger partial charge is 0.0680 e. The first-order valence-electron chi connectivity index (χ1n) is 3.81. The Morgan fingerprint density at radius 2 is 2.27 bits per heavy atom. The minimum atomic E-state index is 0.778. The van der Waals surface area contributed by atoms with Crippen LogP contribution in [0.3, 0.4) is 0 Å². The molecule has 0 aromatic heterocycles. The van der Waals surface area contributed by atoms with E-state index in [9.17, 15) is 0 Å². The van der Waals surface area contributed by atoms with Crippen molar-refractivity contribution in [3.05, 3.63) is 0 Å². The van der Waals surface area contributed by atoms with Crippen molar-refractivity contribution in [3.8, 4) is 0 Å². The zero-order valence-corrected chi connectivity index (χ0v) is 7.12. The zero-order valence-electron chi connectivity index (χ0n) is 7.12. The van der Waals surface area contributed by atoms with Crippen molar-refractivity contribution in [1.82, 2.24) is 9.80 Å². The molecule has 0 saturated carbocycles. The Labute approximate surface area is 67.1 Å². The topological polar surface area (TPSA) is 39.1 Å². The maximum atomic E-state index is 8.41. The molecule has 1 fully saturated rings. The van der Waals surface area contributed by atoms with E-state index in [0.717, 1.165) is 32.0 Å². The average molecular weight is 157 g/mol. The van der Waals surface area contributed by atoms with Crippen molar-refractivity contribution >= 4 is 5.71 Å². The number of hydrogen-bond acceptors (Lipinski definition) is 4. The Bertz CT molecular complexity index is 158. The quantitative estimate of drug-likeness (QED) is 0.349. The highest BCUT2D eigenvalue weighted by atomic mass is 16.4. The summed E-state index contributed by atoms with van der Waals surface area (Å²) in [5.41, 5.74) is 0.778. The van der Waals surface area contributed by atoms with Crippen molar-refractivity contribution in [2.45, 2.75) is 6.92 Å². The average Bonchev–Trinajstić information content (AvgIpc) is 2.35. The standard InChI is InChI=1S/C7H15N3O/c1-7(8-11)5-10-4-3-9(2)6-10/h11H,3-6H2,1-2H3/b8-7+. The van der Waals surface area contributed by atoms with E-state index in [2.05, 4.69) is 22.0 Å². The van der Waals surface area contributed by atoms with Gasteiger partial charge in [0.2, 0.25) is 0 Å². The molecular formula is C7H15N3O. The fourth-order valence-electron chi connectivity index (χ4n) is 1.28. The second-order valence-corrected chi connectivity index (χ2v) is 3.11. The molecule has 0 radical (unpaired) electrons. The van der Waals surface area contributed by atoms with Gasteiger partial charge in [-0.1, -0.05) is 5.16 Å². The van der Waals surface area contributed by atoms with Crippen LogP contribution in [0.25, 0.3) is 0 Å². The molecule has 4 nitrogen and oxygen atoms in total. The van der Waals surface area contributed by atoms with Crippen LogP contribution in [0.15, 0.2) is 5.16 Å². The van der Waals surface area contributed by atoms with E-state index in [-0.39, 0.29) is 0 Å². The molecule has 0 amide bonds. The third-order valence-corrected chi connectivity index (χ3v) is 1.86. The molecule has 1 saturated heterocycles. The molecule has 0 aromatic carbocycles. The normalized spacial score (nSPS) is 22.9. The molecule has 1 aliphatic heterocycles. The first kappa shape index (κ1) is 8.49. The van der Waals surface area contributed by atoms with Crippen LogP contribution in [-0.2, 0) is 0 Å². The van der Waals surface area contributed by atoms with Gasteiger partial charge in [0, 0.05) is 19.6 Å². The fraction of sp³-hybridized carbons (Fsp3) is 0.857. The number of rotatable bonds is 2. The second-order valence-electron chi connectivity index (χ2n) is 3.11. The zero-order chi connectivity index (χ0) is 8.27. The predicted molar refractivity (Wildman–Crippen MR) is 44.0 cm³/mol. The van der Waals surface area contributed by atoms with Crippen molar-refractivity contribution in [1.29, 1.82) is 0 Å². The Hall–Kier alpha value is -0.610. The fourth-order valence-corrected chi connectivity index (χ4v) is 1.28. The van der Waals surface area contributed by atoms with Gasteiger partial charge in [-0.2, -0.15) is 0 Å². The Morgan fingerprint density at radius 1 is 1.55 bits per heavy atom. The van der Waals surface area contributed by atoms with Crippen LogP contribution in [0.2, 0.25) is 0 Å². The van der Waals surface area contributed by atoms with Crippen LogP contribution in [0.4, 0.5) is 0 Å². The van der Waals surface area contributed by atoms with E-state index in [0.29, 0.717) is 0 Å². The van der Waals surface area contributed by atoms with Gasteiger partial charge in [0.05, 0.1) is 12.4 Å². The third kappa shape index (κ3) is 2.48. The molecule has 0 bridgehead atoms. The van der Waals surface area contributed by atoms with Gasteiger partial charge in [-0.15, -0.1) is 0 Å². The Morgan fingerprint density at radius 3 is 2.73 bits per heavy atom. The summed E-state index contributed by atoms with van der Waals surface area (Å²) in [6.45, 7) is 5.77. The van der Waals surface area contributed by atoms with Gasteiger partial charge in [0.15, 0.2) is 0 Å². The van der Waals surface area contributed by atoms with Crippen molar-refractivity contribution < 1.29 is 5.21 Å². The molecule has 0 aliphatic carbocycles. The lowest BCUT2D eigenvalue weighted by Gasteiger charge is -2.13. The molecule has 1 rings (SSSR count). The molecule has 0 aromatic rings. The van der Waals surface area contributed by atoms with Gasteiger partial charge in [-0.25, -0.2) is 0 Å². The highest BCUT2D eigenvalue weighted by molar-refractivity contribution is 5.83. The molecule has 0 atom stereocenters. The molecule has 11 heavy (non-hydrogen) atoms. The minimum Gasteiger partial charge on any atom is -0.411 e. The molecule has 0 spiro atoms. The maximum Gasteiger partial charge on any atom is 0.0680 e. The van der Waals surface area contributed by atoms with E-state index in [1.54, 1.807) is 0 Å². The van der Waals surface area contributed by atoms with Crippen molar-refractivity contribution in [2.75, 3.05) is 33.4 Å². The summed E-state index contributed by atoms with van der Waals surface area (Å²) >= 11 is 0. The van der Waals surface area contributed by atoms with Gasteiger partial charge in [0.1, 0.15) is 0 Å². The summed E-state index contributed by atoms with van der Waals surface area (Å²) in [5, 5.41) is 11.5. The number of oxime groups is 1. The first-order chi connectivity index (χ1) is 5.22. The summed E-state index contributed by atoms with van der Waals surface area (Å²) in [5.74, 6) is 0. The highest BCUT2D eigenvalue weighted by Crippen LogP contribution is 2.00. The summed E-state index contributed by atoms with van der Waals surface area (Å²) in [7, 11) is 2.09. The third-order valence-electron chi connectivity index (χ3n) is 1.86. The summed E-state index contributed by atoms with van der Waals surface area (Å²) < 4.78 is 0. The van der Waals surface area contributed by atoms with Gasteiger partial charge >= 0.3 is 0 Å². The maximum absolute atomic E-state index is 8.41. The van der Waals surface area contributed by atoms with E-state index >= 15 is 0 Å². The lowest BCUT2D eigenvalue weighted by Crippen LogP contribution is -2.27. The van der Waals surface area contributed by atoms with Gasteiger partial charge in [-0.3, -0.25) is 9.80 Å². The van der Waals surface area contributed by atoms with Crippen LogP contribution in [-0.4, -0.2) is 54.1 Å². The van der Waals surface area contributed by atoms with Crippen molar-refractivity contribution in [3.63, 3.8) is 0 Å². The second kappa shape index (κ2) is 3.69. The Kier molecular flexibility index (Phi) is 2.84. The molecule has 4 heteroatoms. The summed E-state index contributed by atoms with van der Waals surface area (Å²) in [4.78, 5) is 4.49. The molecule has 1 heterocycles. The summed E-state index contributed by atoms with van der Waals surface area (Å²) in [6, 6.07) is 0. The van der Waals surface area contributed by atoms with Crippen LogP contribution in [0, 0.1) is 0 Å². The monoisotopic (exact) mass is 157 g/mol. The predicted octanol–water partition coefficient (Wildman–Crippen LogP) is 0.0414. The molecule has 0 unspecified atom stereocenters. The van der Waals surface area contributed by atoms with Crippen LogP contribution >= 0.6 is 0 Å². The molecule has 64 valence electrons. The lowest BCUT2D eigenvalue weighted by atomic mass is 10.4. The van der Waals surface area contributed by atoms with E-state index in [1.807, 2.05) is 6.92 Å². The van der Waals surface area contributed by atoms with E-state index < -0.39 is 0 Å². The van der Waals surface area contributed by atoms with E-state index in [1.165, 1.54) is 0 Å².